The highest BCUT2D eigenvalue weighted by molar-refractivity contribution is 5.89. The lowest BCUT2D eigenvalue weighted by atomic mass is 9.44. The SMILES string of the molecule is CC(=O)OC12COC1CC(OC(=O)Oc1ccc([N+](=O)[O-])cc1)[C@@]1(C)C3OC(C)(C)OC3C3=C(C)C(O)CC(O)(C(OC(=O)c4ccccc4)C21)C3(C)C. The van der Waals surface area contributed by atoms with Crippen LogP contribution >= 0.6 is 0 Å². The van der Waals surface area contributed by atoms with Crippen molar-refractivity contribution in [2.24, 2.45) is 16.7 Å². The number of carbonyl (C=O) groups is 3. The van der Waals surface area contributed by atoms with Crippen LogP contribution in [0.5, 0.6) is 5.75 Å². The highest BCUT2D eigenvalue weighted by Crippen LogP contribution is 2.67. The number of ether oxygens (including phenoxy) is 7. The third-order valence-electron chi connectivity index (χ3n) is 12.4. The van der Waals surface area contributed by atoms with Crippen molar-refractivity contribution in [1.82, 2.24) is 0 Å². The quantitative estimate of drug-likeness (QED) is 0.102. The molecule has 2 aromatic carbocycles. The highest BCUT2D eigenvalue weighted by Gasteiger charge is 2.80. The molecule has 15 nitrogen and oxygen atoms in total. The zero-order valence-electron chi connectivity index (χ0n) is 31.1. The number of nitrogens with zero attached hydrogens (tertiary/aromatic N) is 1. The summed E-state index contributed by atoms with van der Waals surface area (Å²) in [6.45, 7) is 11.6. The molecule has 54 heavy (non-hydrogen) atoms. The molecule has 9 unspecified atom stereocenters. The van der Waals surface area contributed by atoms with Crippen molar-refractivity contribution in [3.8, 4) is 5.75 Å². The Hall–Kier alpha value is -4.41. The molecular weight excluding hydrogens is 706 g/mol. The van der Waals surface area contributed by atoms with Crippen molar-refractivity contribution in [3.05, 3.63) is 81.4 Å². The molecule has 0 aromatic heterocycles. The van der Waals surface area contributed by atoms with Gasteiger partial charge in [0, 0.05) is 42.7 Å². The predicted molar refractivity (Wildman–Crippen MR) is 186 cm³/mol. The fourth-order valence-corrected chi connectivity index (χ4v) is 9.80. The fourth-order valence-electron chi connectivity index (χ4n) is 9.80. The average Bonchev–Trinajstić information content (AvgIpc) is 3.41. The van der Waals surface area contributed by atoms with Gasteiger partial charge in [-0.05, 0) is 56.2 Å². The topological polar surface area (TPSA) is 199 Å². The van der Waals surface area contributed by atoms with Gasteiger partial charge in [0.2, 0.25) is 0 Å². The van der Waals surface area contributed by atoms with Crippen LogP contribution in [0.2, 0.25) is 0 Å². The van der Waals surface area contributed by atoms with Gasteiger partial charge in [0.1, 0.15) is 41.9 Å². The zero-order valence-corrected chi connectivity index (χ0v) is 31.1. The van der Waals surface area contributed by atoms with Crippen molar-refractivity contribution in [1.29, 1.82) is 0 Å². The van der Waals surface area contributed by atoms with Crippen LogP contribution in [0.25, 0.3) is 0 Å². The number of hydrogen-bond acceptors (Lipinski definition) is 14. The lowest BCUT2D eigenvalue weighted by Crippen LogP contribution is -2.82. The minimum atomic E-state index is -2.05. The van der Waals surface area contributed by atoms with E-state index in [1.165, 1.54) is 31.2 Å². The van der Waals surface area contributed by atoms with Gasteiger partial charge in [-0.2, -0.15) is 0 Å². The average molecular weight is 752 g/mol. The van der Waals surface area contributed by atoms with E-state index in [9.17, 15) is 34.7 Å². The molecule has 10 atom stereocenters. The first-order valence-electron chi connectivity index (χ1n) is 17.9. The van der Waals surface area contributed by atoms with Gasteiger partial charge in [0.15, 0.2) is 11.4 Å². The Bertz CT molecular complexity index is 1890. The smallest absolute Gasteiger partial charge is 0.455 e. The van der Waals surface area contributed by atoms with Crippen LogP contribution in [-0.2, 0) is 33.2 Å². The summed E-state index contributed by atoms with van der Waals surface area (Å²) in [6.07, 6.45) is -8.28. The van der Waals surface area contributed by atoms with Crippen molar-refractivity contribution in [2.75, 3.05) is 6.61 Å². The molecule has 7 rings (SSSR count). The fraction of sp³-hybridized carbons (Fsp3) is 0.564. The van der Waals surface area contributed by atoms with Gasteiger partial charge >= 0.3 is 18.1 Å². The molecule has 3 aliphatic carbocycles. The summed E-state index contributed by atoms with van der Waals surface area (Å²) in [6, 6.07) is 13.1. The van der Waals surface area contributed by atoms with Gasteiger partial charge in [0.25, 0.3) is 5.69 Å². The van der Waals surface area contributed by atoms with Crippen LogP contribution in [0.4, 0.5) is 10.5 Å². The van der Waals surface area contributed by atoms with E-state index in [-0.39, 0.29) is 36.4 Å². The second kappa shape index (κ2) is 12.8. The normalized spacial score (nSPS) is 37.2. The van der Waals surface area contributed by atoms with Crippen LogP contribution in [0.1, 0.15) is 71.7 Å². The maximum Gasteiger partial charge on any atom is 0.514 e. The molecule has 2 saturated heterocycles. The second-order valence-electron chi connectivity index (χ2n) is 16.2. The summed E-state index contributed by atoms with van der Waals surface area (Å²) in [4.78, 5) is 51.6. The van der Waals surface area contributed by atoms with E-state index in [1.54, 1.807) is 71.9 Å². The molecule has 2 aromatic rings. The van der Waals surface area contributed by atoms with E-state index in [1.807, 2.05) is 0 Å². The molecule has 2 bridgehead atoms. The summed E-state index contributed by atoms with van der Waals surface area (Å²) >= 11 is 0. The van der Waals surface area contributed by atoms with E-state index in [4.69, 9.17) is 33.2 Å². The molecular formula is C39H45NO14. The van der Waals surface area contributed by atoms with E-state index < -0.39 is 93.4 Å². The van der Waals surface area contributed by atoms with E-state index in [2.05, 4.69) is 0 Å². The van der Waals surface area contributed by atoms with Gasteiger partial charge in [0.05, 0.1) is 29.1 Å². The number of esters is 2. The highest BCUT2D eigenvalue weighted by atomic mass is 16.8. The largest absolute Gasteiger partial charge is 0.514 e. The second-order valence-corrected chi connectivity index (χ2v) is 16.2. The Labute approximate surface area is 311 Å². The third-order valence-corrected chi connectivity index (χ3v) is 12.4. The number of benzene rings is 2. The molecule has 290 valence electrons. The predicted octanol–water partition coefficient (Wildman–Crippen LogP) is 4.80. The van der Waals surface area contributed by atoms with Crippen molar-refractivity contribution >= 4 is 23.8 Å². The maximum atomic E-state index is 14.2. The minimum absolute atomic E-state index is 0.0237. The van der Waals surface area contributed by atoms with Gasteiger partial charge in [-0.25, -0.2) is 9.59 Å². The van der Waals surface area contributed by atoms with Gasteiger partial charge < -0.3 is 43.4 Å². The number of carbonyl (C=O) groups excluding carboxylic acids is 3. The first-order chi connectivity index (χ1) is 25.2. The number of aliphatic hydroxyl groups is 2. The third kappa shape index (κ3) is 5.70. The molecule has 4 fully saturated rings. The number of non-ortho nitro benzene ring substituents is 1. The molecule has 5 aliphatic rings. The summed E-state index contributed by atoms with van der Waals surface area (Å²) < 4.78 is 43.9. The number of rotatable bonds is 6. The number of aliphatic hydroxyl groups excluding tert-OH is 1. The summed E-state index contributed by atoms with van der Waals surface area (Å²) in [7, 11) is 0. The Balaban J connectivity index is 1.44. The van der Waals surface area contributed by atoms with Crippen molar-refractivity contribution in [2.45, 2.75) is 115 Å². The zero-order chi connectivity index (χ0) is 39.2. The first-order valence-corrected chi connectivity index (χ1v) is 17.9. The van der Waals surface area contributed by atoms with E-state index in [0.29, 0.717) is 11.1 Å². The number of nitro benzene ring substituents is 1. The molecule has 15 heteroatoms. The van der Waals surface area contributed by atoms with E-state index in [0.717, 1.165) is 0 Å². The van der Waals surface area contributed by atoms with Crippen LogP contribution in [0, 0.1) is 26.9 Å². The van der Waals surface area contributed by atoms with Gasteiger partial charge in [-0.3, -0.25) is 14.9 Å². The molecule has 2 aliphatic heterocycles. The van der Waals surface area contributed by atoms with Crippen LogP contribution < -0.4 is 4.74 Å². The lowest BCUT2D eigenvalue weighted by Gasteiger charge is -2.69. The molecule has 2 N–H and O–H groups in total. The molecule has 0 amide bonds. The minimum Gasteiger partial charge on any atom is -0.455 e. The molecule has 0 radical (unpaired) electrons. The van der Waals surface area contributed by atoms with Crippen molar-refractivity contribution < 1.29 is 62.7 Å². The number of fused-ring (bicyclic) bond motifs is 8. The number of hydrogen-bond donors (Lipinski definition) is 2. The molecule has 2 saturated carbocycles. The van der Waals surface area contributed by atoms with Crippen molar-refractivity contribution in [3.63, 3.8) is 0 Å². The molecule has 0 spiro atoms. The summed E-state index contributed by atoms with van der Waals surface area (Å²) in [5.41, 5.74) is -5.32. The van der Waals surface area contributed by atoms with E-state index >= 15 is 0 Å². The Morgan fingerprint density at radius 3 is 2.22 bits per heavy atom. The number of nitro groups is 1. The van der Waals surface area contributed by atoms with Crippen LogP contribution in [0.15, 0.2) is 65.7 Å². The summed E-state index contributed by atoms with van der Waals surface area (Å²) in [5.74, 6) is -3.94. The Morgan fingerprint density at radius 1 is 0.963 bits per heavy atom. The van der Waals surface area contributed by atoms with Crippen LogP contribution in [-0.4, -0.2) is 93.5 Å². The standard InChI is InChI=1S/C39H45NO14/c1-20-25(42)18-39(45)32(51-33(43)22-11-9-8-10-12-22)30-37(7,31-29(28(20)35(39,3)4)53-36(5,6)54-31)26(17-27-38(30,19-48-27)52-21(2)41)50-34(44)49-24-15-13-23(14-16-24)40(46)47/h8-16,25-27,29-32,42,45H,17-19H2,1-7H3/t25?,26?,27?,29?,30?,31?,32?,37-,38?,39?/m1/s1. The van der Waals surface area contributed by atoms with Crippen LogP contribution in [0.3, 0.4) is 0 Å². The summed E-state index contributed by atoms with van der Waals surface area (Å²) in [5, 5.41) is 36.2. The lowest BCUT2D eigenvalue weighted by molar-refractivity contribution is -0.384. The van der Waals surface area contributed by atoms with Gasteiger partial charge in [-0.15, -0.1) is 0 Å². The molecule has 2 heterocycles. The first kappa shape index (κ1) is 37.9. The maximum absolute atomic E-state index is 14.2. The Morgan fingerprint density at radius 2 is 1.63 bits per heavy atom. The van der Waals surface area contributed by atoms with Gasteiger partial charge in [-0.1, -0.05) is 39.0 Å². The Kier molecular flexibility index (Phi) is 9.01. The monoisotopic (exact) mass is 751 g/mol.